The van der Waals surface area contributed by atoms with Crippen molar-refractivity contribution in [1.82, 2.24) is 0 Å². The molecule has 0 N–H and O–H groups in total. The first-order valence-electron chi connectivity index (χ1n) is 3.09. The lowest BCUT2D eigenvalue weighted by Crippen LogP contribution is -1.95. The van der Waals surface area contributed by atoms with Crippen molar-refractivity contribution in [1.29, 1.82) is 0 Å². The quantitative estimate of drug-likeness (QED) is 0.336. The van der Waals surface area contributed by atoms with Gasteiger partial charge in [0.2, 0.25) is 5.91 Å². The largest absolute Gasteiger partial charge is 0.287 e. The molecule has 60 valence electrons. The smallest absolute Gasteiger partial charge is 0.250 e. The summed E-state index contributed by atoms with van der Waals surface area (Å²) < 4.78 is 0.785. The third-order valence-electron chi connectivity index (χ3n) is 1.24. The maximum Gasteiger partial charge on any atom is 0.250 e. The number of hydrogen-bond acceptors (Lipinski definition) is 1. The van der Waals surface area contributed by atoms with E-state index in [1.54, 1.807) is 18.2 Å². The van der Waals surface area contributed by atoms with Crippen LogP contribution < -0.4 is 0 Å². The zero-order valence-electron chi connectivity index (χ0n) is 5.94. The van der Waals surface area contributed by atoms with Gasteiger partial charge in [-0.2, -0.15) is 0 Å². The molecule has 1 aromatic rings. The van der Waals surface area contributed by atoms with Crippen LogP contribution in [0.3, 0.4) is 0 Å². The molecule has 0 bridgehead atoms. The number of benzene rings is 1. The third-order valence-corrected chi connectivity index (χ3v) is 2.18. The molecule has 1 amide bonds. The second kappa shape index (κ2) is 4.08. The molecule has 0 aliphatic rings. The van der Waals surface area contributed by atoms with Gasteiger partial charge in [-0.3, -0.25) is 4.79 Å². The van der Waals surface area contributed by atoms with E-state index in [9.17, 15) is 4.79 Å². The normalized spacial score (nSPS) is 8.75. The van der Waals surface area contributed by atoms with Gasteiger partial charge < -0.3 is 0 Å². The highest BCUT2D eigenvalue weighted by atomic mass is 127. The van der Waals surface area contributed by atoms with Crippen LogP contribution in [0.2, 0.25) is 0 Å². The Morgan fingerprint density at radius 1 is 1.50 bits per heavy atom. The van der Waals surface area contributed by atoms with Crippen molar-refractivity contribution in [2.45, 2.75) is 0 Å². The first kappa shape index (κ1) is 9.02. The van der Waals surface area contributed by atoms with Crippen LogP contribution in [-0.4, -0.2) is 5.91 Å². The molecular weight excluding hydrogens is 269 g/mol. The second-order valence-electron chi connectivity index (χ2n) is 1.97. The summed E-state index contributed by atoms with van der Waals surface area (Å²) in [5.41, 5.74) is 8.46. The fourth-order valence-corrected chi connectivity index (χ4v) is 1.35. The molecule has 0 aliphatic carbocycles. The monoisotopic (exact) mass is 273 g/mol. The Morgan fingerprint density at radius 3 is 2.75 bits per heavy atom. The van der Waals surface area contributed by atoms with Crippen molar-refractivity contribution in [2.24, 2.45) is 5.11 Å². The Hall–Kier alpha value is -1.07. The molecule has 0 unspecified atom stereocenters. The van der Waals surface area contributed by atoms with Crippen molar-refractivity contribution in [3.63, 3.8) is 0 Å². The van der Waals surface area contributed by atoms with E-state index >= 15 is 0 Å². The Labute approximate surface area is 82.4 Å². The number of nitrogens with zero attached hydrogens (tertiary/aromatic N) is 3. The van der Waals surface area contributed by atoms with E-state index in [0.717, 1.165) is 3.57 Å². The Morgan fingerprint density at radius 2 is 2.17 bits per heavy atom. The molecule has 0 saturated heterocycles. The van der Waals surface area contributed by atoms with Gasteiger partial charge in [-0.25, -0.2) is 0 Å². The predicted molar refractivity (Wildman–Crippen MR) is 52.6 cm³/mol. The van der Waals surface area contributed by atoms with Gasteiger partial charge in [0.15, 0.2) is 0 Å². The van der Waals surface area contributed by atoms with Crippen molar-refractivity contribution in [2.75, 3.05) is 0 Å². The second-order valence-corrected chi connectivity index (χ2v) is 3.14. The van der Waals surface area contributed by atoms with Crippen LogP contribution in [0.4, 0.5) is 0 Å². The summed E-state index contributed by atoms with van der Waals surface area (Å²) in [6.45, 7) is 0. The van der Waals surface area contributed by atoms with Crippen LogP contribution in [0.25, 0.3) is 10.4 Å². The van der Waals surface area contributed by atoms with E-state index in [-0.39, 0.29) is 0 Å². The van der Waals surface area contributed by atoms with Crippen LogP contribution in [-0.2, 0) is 0 Å². The summed E-state index contributed by atoms with van der Waals surface area (Å²) in [6, 6.07) is 6.94. The first-order chi connectivity index (χ1) is 5.75. The summed E-state index contributed by atoms with van der Waals surface area (Å²) in [5.74, 6) is -0.539. The highest BCUT2D eigenvalue weighted by Gasteiger charge is 2.05. The van der Waals surface area contributed by atoms with Crippen molar-refractivity contribution >= 4 is 28.5 Å². The van der Waals surface area contributed by atoms with Gasteiger partial charge in [0.05, 0.1) is 0 Å². The number of carbonyl (C=O) groups is 1. The summed E-state index contributed by atoms with van der Waals surface area (Å²) in [6.07, 6.45) is 0. The maximum absolute atomic E-state index is 11.0. The summed E-state index contributed by atoms with van der Waals surface area (Å²) in [5, 5.41) is 2.99. The molecule has 0 aromatic heterocycles. The molecule has 1 aromatic carbocycles. The lowest BCUT2D eigenvalue weighted by atomic mass is 10.2. The number of amides is 1. The number of halogens is 1. The fourth-order valence-electron chi connectivity index (χ4n) is 0.729. The summed E-state index contributed by atoms with van der Waals surface area (Å²) >= 11 is 2.01. The van der Waals surface area contributed by atoms with Crippen molar-refractivity contribution < 1.29 is 4.79 Å². The van der Waals surface area contributed by atoms with E-state index in [0.29, 0.717) is 5.56 Å². The number of carbonyl (C=O) groups excluding carboxylic acids is 1. The van der Waals surface area contributed by atoms with Gasteiger partial charge >= 0.3 is 0 Å². The topological polar surface area (TPSA) is 65.8 Å². The van der Waals surface area contributed by atoms with Crippen LogP contribution >= 0.6 is 22.6 Å². The lowest BCUT2D eigenvalue weighted by Gasteiger charge is -1.96. The van der Waals surface area contributed by atoms with E-state index in [1.807, 2.05) is 28.7 Å². The van der Waals surface area contributed by atoms with E-state index in [2.05, 4.69) is 10.0 Å². The standard InChI is InChI=1S/C7H4IN3O/c8-6-4-2-1-3-5(6)7(12)10-11-9/h1-4H. The molecule has 0 saturated carbocycles. The van der Waals surface area contributed by atoms with Gasteiger partial charge in [0.1, 0.15) is 0 Å². The average molecular weight is 273 g/mol. The molecule has 12 heavy (non-hydrogen) atoms. The average Bonchev–Trinajstić information content (AvgIpc) is 2.05. The fraction of sp³-hybridized carbons (Fsp3) is 0. The zero-order chi connectivity index (χ0) is 8.97. The van der Waals surface area contributed by atoms with Crippen LogP contribution in [0, 0.1) is 3.57 Å². The molecule has 0 aliphatic heterocycles. The van der Waals surface area contributed by atoms with Crippen LogP contribution in [0.1, 0.15) is 10.4 Å². The Bertz CT molecular complexity index is 357. The van der Waals surface area contributed by atoms with Gasteiger partial charge in [0, 0.05) is 14.0 Å². The molecule has 5 heteroatoms. The summed E-state index contributed by atoms with van der Waals surface area (Å²) in [4.78, 5) is 13.5. The molecular formula is C7H4IN3O. The minimum atomic E-state index is -0.539. The number of hydrogen-bond donors (Lipinski definition) is 0. The number of azide groups is 1. The van der Waals surface area contributed by atoms with E-state index in [1.165, 1.54) is 0 Å². The molecule has 0 fully saturated rings. The van der Waals surface area contributed by atoms with E-state index in [4.69, 9.17) is 5.53 Å². The van der Waals surface area contributed by atoms with Gasteiger partial charge in [-0.1, -0.05) is 18.2 Å². The minimum Gasteiger partial charge on any atom is -0.287 e. The SMILES string of the molecule is [N-]=[N+]=NC(=O)c1ccccc1I. The highest BCUT2D eigenvalue weighted by Crippen LogP contribution is 2.12. The molecule has 4 nitrogen and oxygen atoms in total. The minimum absolute atomic E-state index is 0.441. The molecule has 0 heterocycles. The lowest BCUT2D eigenvalue weighted by molar-refractivity contribution is 0.0999. The van der Waals surface area contributed by atoms with Crippen molar-refractivity contribution in [3.8, 4) is 0 Å². The van der Waals surface area contributed by atoms with Crippen LogP contribution in [0.5, 0.6) is 0 Å². The third kappa shape index (κ3) is 1.96. The first-order valence-corrected chi connectivity index (χ1v) is 4.17. The molecule has 0 atom stereocenters. The van der Waals surface area contributed by atoms with Crippen LogP contribution in [0.15, 0.2) is 29.4 Å². The Balaban J connectivity index is 3.11. The molecule has 0 radical (unpaired) electrons. The molecule has 1 rings (SSSR count). The predicted octanol–water partition coefficient (Wildman–Crippen LogP) is 2.74. The highest BCUT2D eigenvalue weighted by molar-refractivity contribution is 14.1. The van der Waals surface area contributed by atoms with Gasteiger partial charge in [0.25, 0.3) is 0 Å². The number of rotatable bonds is 1. The Kier molecular flexibility index (Phi) is 3.07. The van der Waals surface area contributed by atoms with Gasteiger partial charge in [-0.05, 0) is 39.3 Å². The maximum atomic E-state index is 11.0. The van der Waals surface area contributed by atoms with E-state index < -0.39 is 5.91 Å². The van der Waals surface area contributed by atoms with Gasteiger partial charge in [-0.15, -0.1) is 0 Å². The summed E-state index contributed by atoms with van der Waals surface area (Å²) in [7, 11) is 0. The van der Waals surface area contributed by atoms with Crippen molar-refractivity contribution in [3.05, 3.63) is 43.8 Å². The zero-order valence-corrected chi connectivity index (χ0v) is 8.09. The molecule has 0 spiro atoms.